The smallest absolute Gasteiger partial charge is 0.247 e. The Kier molecular flexibility index (Phi) is 4.99. The number of rotatable bonds is 4. The van der Waals surface area contributed by atoms with Gasteiger partial charge in [0, 0.05) is 29.3 Å². The van der Waals surface area contributed by atoms with Gasteiger partial charge in [0.05, 0.1) is 12.3 Å². The van der Waals surface area contributed by atoms with Gasteiger partial charge in [0.2, 0.25) is 17.7 Å². The summed E-state index contributed by atoms with van der Waals surface area (Å²) in [6.07, 6.45) is 4.02. The number of benzene rings is 1. The summed E-state index contributed by atoms with van der Waals surface area (Å²) >= 11 is 6.24. The molecule has 29 heavy (non-hydrogen) atoms. The molecular weight excluding hydrogens is 392 g/mol. The van der Waals surface area contributed by atoms with Gasteiger partial charge >= 0.3 is 0 Å². The molecule has 8 nitrogen and oxygen atoms in total. The first-order chi connectivity index (χ1) is 14.2. The van der Waals surface area contributed by atoms with E-state index in [2.05, 4.69) is 31.3 Å². The first kappa shape index (κ1) is 18.6. The molecule has 3 aliphatic heterocycles. The van der Waals surface area contributed by atoms with Crippen LogP contribution in [-0.2, 0) is 11.2 Å². The fourth-order valence-electron chi connectivity index (χ4n) is 4.34. The maximum Gasteiger partial charge on any atom is 0.247 e. The Hall–Kier alpha value is -2.42. The Labute approximate surface area is 173 Å². The van der Waals surface area contributed by atoms with Gasteiger partial charge in [-0.3, -0.25) is 9.80 Å². The summed E-state index contributed by atoms with van der Waals surface area (Å²) < 4.78 is 5.96. The van der Waals surface area contributed by atoms with Gasteiger partial charge in [0.25, 0.3) is 0 Å². The molecule has 2 unspecified atom stereocenters. The molecule has 0 aliphatic carbocycles. The molecule has 5 rings (SSSR count). The summed E-state index contributed by atoms with van der Waals surface area (Å²) in [5, 5.41) is 17.7. The number of aromatic nitrogens is 2. The number of halogens is 1. The quantitative estimate of drug-likeness (QED) is 0.698. The molecule has 1 aromatic heterocycles. The molecule has 3 aliphatic rings. The lowest BCUT2D eigenvalue weighted by molar-refractivity contribution is -0.119. The Morgan fingerprint density at radius 3 is 2.86 bits per heavy atom. The molecule has 4 heterocycles. The number of carbonyl (C=O) groups is 1. The molecule has 152 valence electrons. The van der Waals surface area contributed by atoms with Gasteiger partial charge in [-0.05, 0) is 37.6 Å². The average Bonchev–Trinajstić information content (AvgIpc) is 3.36. The van der Waals surface area contributed by atoms with Crippen molar-refractivity contribution in [3.63, 3.8) is 0 Å². The van der Waals surface area contributed by atoms with E-state index >= 15 is 0 Å². The monoisotopic (exact) mass is 414 g/mol. The number of allylic oxidation sites excluding steroid dienone is 1. The average molecular weight is 415 g/mol. The van der Waals surface area contributed by atoms with Gasteiger partial charge in [-0.15, -0.1) is 10.2 Å². The fourth-order valence-corrected chi connectivity index (χ4v) is 4.54. The van der Waals surface area contributed by atoms with Crippen molar-refractivity contribution >= 4 is 17.5 Å². The van der Waals surface area contributed by atoms with Crippen LogP contribution in [0.5, 0.6) is 0 Å². The zero-order valence-electron chi connectivity index (χ0n) is 15.9. The van der Waals surface area contributed by atoms with Gasteiger partial charge in [-0.25, -0.2) is 5.43 Å². The third-order valence-electron chi connectivity index (χ3n) is 5.84. The van der Waals surface area contributed by atoms with Crippen molar-refractivity contribution < 1.29 is 9.21 Å². The summed E-state index contributed by atoms with van der Waals surface area (Å²) in [6, 6.07) is 7.62. The molecule has 1 amide bonds. The minimum atomic E-state index is -0.231. The fraction of sp³-hybridized carbons (Fsp3) is 0.450. The number of amides is 1. The second-order valence-electron chi connectivity index (χ2n) is 7.69. The number of nitrogens with one attached hydrogen (secondary N) is 3. The molecule has 2 fully saturated rings. The Balaban J connectivity index is 1.34. The highest BCUT2D eigenvalue weighted by atomic mass is 35.5. The summed E-state index contributed by atoms with van der Waals surface area (Å²) in [5.41, 5.74) is 5.42. The van der Waals surface area contributed by atoms with Crippen LogP contribution in [0, 0.1) is 5.92 Å². The van der Waals surface area contributed by atoms with Gasteiger partial charge in [-0.1, -0.05) is 29.8 Å². The Morgan fingerprint density at radius 2 is 2.03 bits per heavy atom. The molecule has 9 heteroatoms. The maximum atomic E-state index is 12.4. The van der Waals surface area contributed by atoms with Crippen LogP contribution < -0.4 is 16.1 Å². The van der Waals surface area contributed by atoms with Crippen molar-refractivity contribution in [1.82, 2.24) is 31.3 Å². The third kappa shape index (κ3) is 3.63. The Bertz CT molecular complexity index is 939. The van der Waals surface area contributed by atoms with Crippen LogP contribution in [0.2, 0.25) is 5.02 Å². The van der Waals surface area contributed by atoms with Gasteiger partial charge < -0.3 is 15.1 Å². The highest BCUT2D eigenvalue weighted by Gasteiger charge is 2.44. The van der Waals surface area contributed by atoms with E-state index in [0.717, 1.165) is 37.2 Å². The van der Waals surface area contributed by atoms with Crippen LogP contribution in [0.4, 0.5) is 0 Å². The van der Waals surface area contributed by atoms with Crippen molar-refractivity contribution in [3.8, 4) is 0 Å². The van der Waals surface area contributed by atoms with Crippen LogP contribution in [0.3, 0.4) is 0 Å². The molecule has 2 saturated heterocycles. The van der Waals surface area contributed by atoms with Crippen molar-refractivity contribution in [2.45, 2.75) is 31.3 Å². The number of hydrogen-bond acceptors (Lipinski definition) is 7. The SMILES string of the molecule is O=C1C=C(C2CCNCC2)N2NCC(c3nnc(Cc4ccccc4Cl)o3)C2N1. The Morgan fingerprint density at radius 1 is 1.21 bits per heavy atom. The third-order valence-corrected chi connectivity index (χ3v) is 6.21. The number of nitrogens with zero attached hydrogens (tertiary/aromatic N) is 3. The van der Waals surface area contributed by atoms with Crippen LogP contribution in [-0.4, -0.2) is 46.9 Å². The van der Waals surface area contributed by atoms with E-state index in [1.54, 1.807) is 6.08 Å². The molecule has 2 aromatic rings. The minimum absolute atomic E-state index is 0.0655. The second-order valence-corrected chi connectivity index (χ2v) is 8.10. The van der Waals surface area contributed by atoms with E-state index in [1.165, 1.54) is 0 Å². The van der Waals surface area contributed by atoms with Crippen molar-refractivity contribution in [1.29, 1.82) is 0 Å². The lowest BCUT2D eigenvalue weighted by Gasteiger charge is -2.38. The van der Waals surface area contributed by atoms with E-state index in [1.807, 2.05) is 24.3 Å². The molecule has 2 atom stereocenters. The topological polar surface area (TPSA) is 95.3 Å². The second kappa shape index (κ2) is 7.78. The van der Waals surface area contributed by atoms with Crippen molar-refractivity contribution in [3.05, 3.63) is 58.4 Å². The molecular formula is C20H23ClN6O2. The lowest BCUT2D eigenvalue weighted by atomic mass is 9.92. The maximum absolute atomic E-state index is 12.4. The van der Waals surface area contributed by atoms with Crippen molar-refractivity contribution in [2.24, 2.45) is 5.92 Å². The van der Waals surface area contributed by atoms with Crippen molar-refractivity contribution in [2.75, 3.05) is 19.6 Å². The van der Waals surface area contributed by atoms with Crippen LogP contribution in [0.1, 0.15) is 36.1 Å². The zero-order chi connectivity index (χ0) is 19.8. The molecule has 0 spiro atoms. The molecule has 0 radical (unpaired) electrons. The van der Waals surface area contributed by atoms with E-state index in [4.69, 9.17) is 16.0 Å². The number of piperidine rings is 1. The number of hydrazine groups is 1. The van der Waals surface area contributed by atoms with Gasteiger partial charge in [-0.2, -0.15) is 0 Å². The van der Waals surface area contributed by atoms with Crippen LogP contribution >= 0.6 is 11.6 Å². The molecule has 1 aromatic carbocycles. The van der Waals surface area contributed by atoms with Gasteiger partial charge in [0.1, 0.15) is 6.17 Å². The first-order valence-electron chi connectivity index (χ1n) is 10.0. The molecule has 0 bridgehead atoms. The minimum Gasteiger partial charge on any atom is -0.424 e. The van der Waals surface area contributed by atoms with E-state index in [0.29, 0.717) is 35.7 Å². The number of fused-ring (bicyclic) bond motifs is 1. The van der Waals surface area contributed by atoms with E-state index in [-0.39, 0.29) is 18.0 Å². The first-order valence-corrected chi connectivity index (χ1v) is 10.4. The lowest BCUT2D eigenvalue weighted by Crippen LogP contribution is -2.53. The van der Waals surface area contributed by atoms with Gasteiger partial charge in [0.15, 0.2) is 0 Å². The number of hydrogen-bond donors (Lipinski definition) is 3. The van der Waals surface area contributed by atoms with E-state index in [9.17, 15) is 4.79 Å². The predicted octanol–water partition coefficient (Wildman–Crippen LogP) is 1.56. The molecule has 3 N–H and O–H groups in total. The largest absolute Gasteiger partial charge is 0.424 e. The standard InChI is InChI=1S/C20H23ClN6O2/c21-15-4-2-1-3-13(15)9-18-25-26-20(29-18)14-11-23-27-16(10-17(28)24-19(14)27)12-5-7-22-8-6-12/h1-4,10,12,14,19,22-23H,5-9,11H2,(H,24,28). The highest BCUT2D eigenvalue weighted by Crippen LogP contribution is 2.34. The molecule has 0 saturated carbocycles. The normalized spacial score (nSPS) is 24.9. The zero-order valence-corrected chi connectivity index (χ0v) is 16.7. The predicted molar refractivity (Wildman–Crippen MR) is 107 cm³/mol. The van der Waals surface area contributed by atoms with E-state index < -0.39 is 0 Å². The summed E-state index contributed by atoms with van der Waals surface area (Å²) in [4.78, 5) is 12.4. The summed E-state index contributed by atoms with van der Waals surface area (Å²) in [6.45, 7) is 2.57. The van der Waals surface area contributed by atoms with Crippen LogP contribution in [0.25, 0.3) is 0 Å². The summed E-state index contributed by atoms with van der Waals surface area (Å²) in [5.74, 6) is 1.23. The van der Waals surface area contributed by atoms with Crippen LogP contribution in [0.15, 0.2) is 40.5 Å². The highest BCUT2D eigenvalue weighted by molar-refractivity contribution is 6.31. The number of carbonyl (C=O) groups excluding carboxylic acids is 1. The summed E-state index contributed by atoms with van der Waals surface area (Å²) in [7, 11) is 0.